The van der Waals surface area contributed by atoms with Crippen LogP contribution in [0.4, 0.5) is 11.4 Å². The number of hydrogen-bond donors (Lipinski definition) is 1. The third kappa shape index (κ3) is 4.89. The molecule has 30 heavy (non-hydrogen) atoms. The van der Waals surface area contributed by atoms with E-state index in [-0.39, 0.29) is 18.1 Å². The van der Waals surface area contributed by atoms with Crippen LogP contribution in [0.1, 0.15) is 6.42 Å². The third-order valence-electron chi connectivity index (χ3n) is 4.42. The minimum atomic E-state index is -0.970. The molecule has 7 nitrogen and oxygen atoms in total. The molecule has 2 amide bonds. The maximum absolute atomic E-state index is 13.1. The van der Waals surface area contributed by atoms with Crippen molar-refractivity contribution in [2.45, 2.75) is 12.5 Å². The first-order valence-corrected chi connectivity index (χ1v) is 9.99. The predicted octanol–water partition coefficient (Wildman–Crippen LogP) is 3.50. The average molecular weight is 466 g/mol. The van der Waals surface area contributed by atoms with E-state index in [9.17, 15) is 14.4 Å². The zero-order valence-corrected chi connectivity index (χ0v) is 18.1. The number of carbonyl (C=O) groups is 3. The van der Waals surface area contributed by atoms with E-state index in [1.54, 1.807) is 48.5 Å². The first kappa shape index (κ1) is 22.0. The van der Waals surface area contributed by atoms with Gasteiger partial charge in [0.05, 0.1) is 19.2 Å². The molecule has 156 valence electrons. The van der Waals surface area contributed by atoms with Crippen LogP contribution in [0.2, 0.25) is 10.0 Å². The van der Waals surface area contributed by atoms with E-state index in [1.807, 2.05) is 0 Å². The number of methoxy groups -OCH3 is 1. The van der Waals surface area contributed by atoms with Gasteiger partial charge in [-0.15, -0.1) is 0 Å². The maximum Gasteiger partial charge on any atom is 0.325 e. The van der Waals surface area contributed by atoms with Gasteiger partial charge >= 0.3 is 5.97 Å². The molecule has 1 aliphatic heterocycles. The molecule has 1 aliphatic rings. The van der Waals surface area contributed by atoms with Crippen LogP contribution in [0.15, 0.2) is 48.5 Å². The number of ether oxygens (including phenoxy) is 1. The number of benzene rings is 2. The van der Waals surface area contributed by atoms with Crippen LogP contribution in [0.5, 0.6) is 0 Å². The molecule has 10 heteroatoms. The molecule has 0 unspecified atom stereocenters. The number of thiocarbonyl (C=S) groups is 1. The van der Waals surface area contributed by atoms with Crippen LogP contribution in [0.25, 0.3) is 0 Å². The summed E-state index contributed by atoms with van der Waals surface area (Å²) in [6, 6.07) is 12.2. The maximum atomic E-state index is 13.1. The summed E-state index contributed by atoms with van der Waals surface area (Å²) in [7, 11) is 1.24. The van der Waals surface area contributed by atoms with E-state index in [4.69, 9.17) is 40.2 Å². The molecule has 1 saturated heterocycles. The van der Waals surface area contributed by atoms with Crippen molar-refractivity contribution in [1.29, 1.82) is 0 Å². The van der Waals surface area contributed by atoms with Gasteiger partial charge in [0.15, 0.2) is 5.11 Å². The number of rotatable bonds is 6. The number of anilines is 2. The lowest BCUT2D eigenvalue weighted by Crippen LogP contribution is -2.41. The topological polar surface area (TPSA) is 79.0 Å². The Hall–Kier alpha value is -2.68. The highest BCUT2D eigenvalue weighted by Gasteiger charge is 2.45. The summed E-state index contributed by atoms with van der Waals surface area (Å²) in [6.07, 6.45) is -0.213. The average Bonchev–Trinajstić information content (AvgIpc) is 2.93. The molecule has 1 atom stereocenters. The standard InChI is InChI=1S/C20H17Cl2N3O4S/c1-29-18(27)11-24-16(10-17(26)23-14-7-5-12(21)6-8-14)19(28)25(20(24)30)15-4-2-3-13(22)9-15/h2-9,16H,10-11H2,1H3,(H,23,26)/t16-/m1/s1. The SMILES string of the molecule is COC(=O)CN1C(=S)N(c2cccc(Cl)c2)C(=O)[C@H]1CC(=O)Nc1ccc(Cl)cc1. The minimum absolute atomic E-state index is 0.0944. The second kappa shape index (κ2) is 9.42. The summed E-state index contributed by atoms with van der Waals surface area (Å²) >= 11 is 17.3. The summed E-state index contributed by atoms with van der Waals surface area (Å²) < 4.78 is 4.71. The zero-order chi connectivity index (χ0) is 21.8. The van der Waals surface area contributed by atoms with E-state index in [2.05, 4.69) is 5.32 Å². The van der Waals surface area contributed by atoms with Crippen LogP contribution in [0.3, 0.4) is 0 Å². The second-order valence-corrected chi connectivity index (χ2v) is 7.65. The monoisotopic (exact) mass is 465 g/mol. The Labute approximate surface area is 188 Å². The molecule has 0 aliphatic carbocycles. The Morgan fingerprint density at radius 1 is 1.13 bits per heavy atom. The van der Waals surface area contributed by atoms with Gasteiger partial charge in [0.1, 0.15) is 12.6 Å². The lowest BCUT2D eigenvalue weighted by atomic mass is 10.1. The molecular formula is C20H17Cl2N3O4S. The van der Waals surface area contributed by atoms with Gasteiger partial charge < -0.3 is 15.0 Å². The fraction of sp³-hybridized carbons (Fsp3) is 0.200. The first-order chi connectivity index (χ1) is 14.3. The van der Waals surface area contributed by atoms with E-state index in [0.29, 0.717) is 21.4 Å². The quantitative estimate of drug-likeness (QED) is 0.519. The van der Waals surface area contributed by atoms with E-state index >= 15 is 0 Å². The Morgan fingerprint density at radius 2 is 1.83 bits per heavy atom. The zero-order valence-electron chi connectivity index (χ0n) is 15.8. The highest BCUT2D eigenvalue weighted by Crippen LogP contribution is 2.29. The Bertz CT molecular complexity index is 1000. The molecule has 2 aromatic rings. The number of hydrogen-bond acceptors (Lipinski definition) is 5. The van der Waals surface area contributed by atoms with Crippen LogP contribution in [0, 0.1) is 0 Å². The summed E-state index contributed by atoms with van der Waals surface area (Å²) in [5, 5.41) is 3.76. The molecule has 1 N–H and O–H groups in total. The van der Waals surface area contributed by atoms with Crippen molar-refractivity contribution in [1.82, 2.24) is 4.90 Å². The van der Waals surface area contributed by atoms with E-state index in [0.717, 1.165) is 0 Å². The number of amides is 2. The number of halogens is 2. The molecule has 0 aromatic heterocycles. The molecule has 0 radical (unpaired) electrons. The number of carbonyl (C=O) groups excluding carboxylic acids is 3. The smallest absolute Gasteiger partial charge is 0.325 e. The first-order valence-electron chi connectivity index (χ1n) is 8.82. The highest BCUT2D eigenvalue weighted by atomic mass is 35.5. The summed E-state index contributed by atoms with van der Waals surface area (Å²) in [5.41, 5.74) is 0.983. The van der Waals surface area contributed by atoms with Gasteiger partial charge in [0, 0.05) is 15.7 Å². The van der Waals surface area contributed by atoms with Gasteiger partial charge in [-0.25, -0.2) is 0 Å². The largest absolute Gasteiger partial charge is 0.468 e. The van der Waals surface area contributed by atoms with Crippen molar-refractivity contribution in [2.75, 3.05) is 23.9 Å². The fourth-order valence-corrected chi connectivity index (χ4v) is 3.69. The van der Waals surface area contributed by atoms with Gasteiger partial charge in [-0.3, -0.25) is 19.3 Å². The molecule has 2 aromatic carbocycles. The molecule has 0 saturated carbocycles. The van der Waals surface area contributed by atoms with Crippen LogP contribution >= 0.6 is 35.4 Å². The predicted molar refractivity (Wildman–Crippen MR) is 119 cm³/mol. The normalized spacial score (nSPS) is 16.0. The van der Waals surface area contributed by atoms with Gasteiger partial charge in [-0.2, -0.15) is 0 Å². The highest BCUT2D eigenvalue weighted by molar-refractivity contribution is 7.80. The van der Waals surface area contributed by atoms with E-state index in [1.165, 1.54) is 16.9 Å². The molecule has 1 heterocycles. The van der Waals surface area contributed by atoms with Crippen molar-refractivity contribution in [3.63, 3.8) is 0 Å². The van der Waals surface area contributed by atoms with Crippen molar-refractivity contribution in [3.8, 4) is 0 Å². The van der Waals surface area contributed by atoms with Gasteiger partial charge in [0.2, 0.25) is 5.91 Å². The summed E-state index contributed by atoms with van der Waals surface area (Å²) in [6.45, 7) is -0.267. The fourth-order valence-electron chi connectivity index (χ4n) is 2.99. The molecule has 0 spiro atoms. The van der Waals surface area contributed by atoms with Crippen molar-refractivity contribution in [2.24, 2.45) is 0 Å². The summed E-state index contributed by atoms with van der Waals surface area (Å²) in [4.78, 5) is 40.3. The number of nitrogens with one attached hydrogen (secondary N) is 1. The van der Waals surface area contributed by atoms with Crippen LogP contribution in [-0.2, 0) is 19.1 Å². The minimum Gasteiger partial charge on any atom is -0.468 e. The number of nitrogens with zero attached hydrogens (tertiary/aromatic N) is 2. The third-order valence-corrected chi connectivity index (χ3v) is 5.32. The second-order valence-electron chi connectivity index (χ2n) is 6.42. The molecule has 0 bridgehead atoms. The van der Waals surface area contributed by atoms with E-state index < -0.39 is 23.8 Å². The van der Waals surface area contributed by atoms with Crippen molar-refractivity contribution >= 4 is 69.7 Å². The van der Waals surface area contributed by atoms with Gasteiger partial charge in [-0.05, 0) is 54.7 Å². The van der Waals surface area contributed by atoms with Gasteiger partial charge in [-0.1, -0.05) is 29.3 Å². The van der Waals surface area contributed by atoms with Crippen LogP contribution < -0.4 is 10.2 Å². The van der Waals surface area contributed by atoms with Crippen molar-refractivity contribution in [3.05, 3.63) is 58.6 Å². The summed E-state index contributed by atoms with van der Waals surface area (Å²) in [5.74, 6) is -1.43. The Morgan fingerprint density at radius 3 is 2.47 bits per heavy atom. The number of esters is 1. The Kier molecular flexibility index (Phi) is 6.91. The molecule has 1 fully saturated rings. The van der Waals surface area contributed by atoms with Gasteiger partial charge in [0.25, 0.3) is 5.91 Å². The Balaban J connectivity index is 1.84. The lowest BCUT2D eigenvalue weighted by molar-refractivity contribution is -0.141. The molecule has 3 rings (SSSR count). The lowest BCUT2D eigenvalue weighted by Gasteiger charge is -2.22. The molecular weight excluding hydrogens is 449 g/mol. The van der Waals surface area contributed by atoms with Crippen molar-refractivity contribution < 1.29 is 19.1 Å². The van der Waals surface area contributed by atoms with Crippen LogP contribution in [-0.4, -0.2) is 47.5 Å².